The molecule has 6 heteroatoms. The van der Waals surface area contributed by atoms with Crippen molar-refractivity contribution in [3.05, 3.63) is 47.0 Å². The number of ketones is 1. The molecular formula is C13H12BrN3OS. The lowest BCUT2D eigenvalue weighted by Gasteiger charge is -2.03. The molecule has 1 N–H and O–H groups in total. The van der Waals surface area contributed by atoms with Gasteiger partial charge in [0, 0.05) is 10.0 Å². The zero-order chi connectivity index (χ0) is 14.1. The Bertz CT molecular complexity index is 520. The van der Waals surface area contributed by atoms with Crippen LogP contribution in [0.2, 0.25) is 0 Å². The first-order valence-electron chi connectivity index (χ1n) is 5.39. The van der Waals surface area contributed by atoms with Gasteiger partial charge in [0.05, 0.1) is 12.3 Å². The Hall–Kier alpha value is -1.58. The Morgan fingerprint density at radius 1 is 1.53 bits per heavy atom. The minimum atomic E-state index is -0.0106. The van der Waals surface area contributed by atoms with E-state index in [0.29, 0.717) is 17.3 Å². The van der Waals surface area contributed by atoms with Crippen LogP contribution in [0.25, 0.3) is 0 Å². The summed E-state index contributed by atoms with van der Waals surface area (Å²) in [7, 11) is 0. The highest BCUT2D eigenvalue weighted by Crippen LogP contribution is 2.13. The van der Waals surface area contributed by atoms with Crippen LogP contribution in [0.1, 0.15) is 10.4 Å². The molecular weight excluding hydrogens is 326 g/mol. The molecule has 98 valence electrons. The zero-order valence-corrected chi connectivity index (χ0v) is 12.5. The number of carbonyl (C=O) groups excluding carboxylic acids is 1. The number of benzene rings is 1. The van der Waals surface area contributed by atoms with Crippen molar-refractivity contribution in [3.8, 4) is 6.19 Å². The topological polar surface area (TPSA) is 65.2 Å². The van der Waals surface area contributed by atoms with Crippen LogP contribution in [0.3, 0.4) is 0 Å². The number of nitriles is 1. The number of hydrogen-bond acceptors (Lipinski definition) is 4. The van der Waals surface area contributed by atoms with Crippen molar-refractivity contribution in [1.82, 2.24) is 5.32 Å². The van der Waals surface area contributed by atoms with Crippen LogP contribution < -0.4 is 5.32 Å². The Morgan fingerprint density at radius 2 is 2.21 bits per heavy atom. The van der Waals surface area contributed by atoms with E-state index in [4.69, 9.17) is 5.26 Å². The predicted molar refractivity (Wildman–Crippen MR) is 82.2 cm³/mol. The Kier molecular flexibility index (Phi) is 6.93. The Balaban J connectivity index is 2.59. The van der Waals surface area contributed by atoms with E-state index in [9.17, 15) is 4.79 Å². The van der Waals surface area contributed by atoms with Crippen LogP contribution in [0.5, 0.6) is 0 Å². The summed E-state index contributed by atoms with van der Waals surface area (Å²) in [6.07, 6.45) is 3.42. The molecule has 1 aromatic rings. The molecule has 0 atom stereocenters. The van der Waals surface area contributed by atoms with E-state index in [2.05, 4.69) is 32.8 Å². The highest BCUT2D eigenvalue weighted by molar-refractivity contribution is 9.10. The summed E-state index contributed by atoms with van der Waals surface area (Å²) in [6, 6.07) is 7.15. The van der Waals surface area contributed by atoms with Crippen molar-refractivity contribution in [3.63, 3.8) is 0 Å². The molecule has 0 saturated heterocycles. The molecule has 0 spiro atoms. The summed E-state index contributed by atoms with van der Waals surface area (Å²) in [5.74, 6) is 0.218. The molecule has 0 bridgehead atoms. The van der Waals surface area contributed by atoms with Gasteiger partial charge in [0.25, 0.3) is 0 Å². The number of thioether (sulfide) groups is 1. The molecule has 0 radical (unpaired) electrons. The van der Waals surface area contributed by atoms with Crippen molar-refractivity contribution >= 4 is 38.6 Å². The highest BCUT2D eigenvalue weighted by Gasteiger charge is 2.08. The molecule has 0 aliphatic rings. The Labute approximate surface area is 124 Å². The molecule has 0 saturated carbocycles. The van der Waals surface area contributed by atoms with Crippen LogP contribution in [-0.4, -0.2) is 23.2 Å². The minimum Gasteiger partial charge on any atom is -0.293 e. The smallest absolute Gasteiger partial charge is 0.183 e. The maximum absolute atomic E-state index is 11.9. The van der Waals surface area contributed by atoms with Crippen LogP contribution in [0.15, 0.2) is 46.4 Å². The van der Waals surface area contributed by atoms with Crippen LogP contribution in [0, 0.1) is 11.5 Å². The molecule has 0 aliphatic heterocycles. The van der Waals surface area contributed by atoms with Crippen molar-refractivity contribution < 1.29 is 4.79 Å². The summed E-state index contributed by atoms with van der Waals surface area (Å²) in [5, 5.41) is 11.4. The van der Waals surface area contributed by atoms with Crippen LogP contribution in [0.4, 0.5) is 0 Å². The molecule has 19 heavy (non-hydrogen) atoms. The minimum absolute atomic E-state index is 0.0106. The van der Waals surface area contributed by atoms with Crippen LogP contribution >= 0.6 is 27.7 Å². The molecule has 0 fully saturated rings. The van der Waals surface area contributed by atoms with Gasteiger partial charge in [-0.2, -0.15) is 5.26 Å². The van der Waals surface area contributed by atoms with Gasteiger partial charge >= 0.3 is 0 Å². The Morgan fingerprint density at radius 3 is 2.79 bits per heavy atom. The largest absolute Gasteiger partial charge is 0.293 e. The standard InChI is InChI=1S/C13H12BrN3OS/c1-2-7-16-13(17-9-15)19-8-12(18)10-3-5-11(14)6-4-10/h2-6H,1,7-8H2,(H,16,17). The van der Waals surface area contributed by atoms with E-state index in [1.807, 2.05) is 12.1 Å². The third kappa shape index (κ3) is 5.73. The number of halogens is 1. The summed E-state index contributed by atoms with van der Waals surface area (Å²) in [5.41, 5.74) is 0.635. The lowest BCUT2D eigenvalue weighted by Crippen LogP contribution is -2.17. The van der Waals surface area contributed by atoms with E-state index in [1.54, 1.807) is 24.4 Å². The van der Waals surface area contributed by atoms with Crippen molar-refractivity contribution in [2.45, 2.75) is 0 Å². The fourth-order valence-electron chi connectivity index (χ4n) is 1.17. The molecule has 0 amide bonds. The summed E-state index contributed by atoms with van der Waals surface area (Å²) < 4.78 is 0.927. The average Bonchev–Trinajstić information content (AvgIpc) is 2.42. The van der Waals surface area contributed by atoms with Gasteiger partial charge in [0.1, 0.15) is 0 Å². The molecule has 4 nitrogen and oxygen atoms in total. The molecule has 0 heterocycles. The summed E-state index contributed by atoms with van der Waals surface area (Å²) in [4.78, 5) is 16.0. The van der Waals surface area contributed by atoms with Gasteiger partial charge in [-0.3, -0.25) is 15.1 Å². The predicted octanol–water partition coefficient (Wildman–Crippen LogP) is 2.98. The van der Waals surface area contributed by atoms with Gasteiger partial charge in [-0.1, -0.05) is 45.9 Å². The number of Topliss-reactive ketones (excluding diaryl/α,β-unsaturated/α-hetero) is 1. The molecule has 0 unspecified atom stereocenters. The number of carbonyl (C=O) groups is 1. The molecule has 0 aromatic heterocycles. The van der Waals surface area contributed by atoms with E-state index in [1.165, 1.54) is 11.8 Å². The number of nitrogens with one attached hydrogen (secondary N) is 1. The van der Waals surface area contributed by atoms with Gasteiger partial charge in [0.2, 0.25) is 0 Å². The van der Waals surface area contributed by atoms with Crippen molar-refractivity contribution in [2.75, 3.05) is 12.3 Å². The number of nitrogens with zero attached hydrogens (tertiary/aromatic N) is 2. The molecule has 1 rings (SSSR count). The number of rotatable bonds is 5. The first-order chi connectivity index (χ1) is 9.17. The van der Waals surface area contributed by atoms with Gasteiger partial charge < -0.3 is 0 Å². The maximum Gasteiger partial charge on any atom is 0.183 e. The van der Waals surface area contributed by atoms with Gasteiger partial charge in [-0.05, 0) is 12.1 Å². The second kappa shape index (κ2) is 8.51. The van der Waals surface area contributed by atoms with E-state index in [0.717, 1.165) is 4.47 Å². The van der Waals surface area contributed by atoms with E-state index >= 15 is 0 Å². The fourth-order valence-corrected chi connectivity index (χ4v) is 2.15. The summed E-state index contributed by atoms with van der Waals surface area (Å²) in [6.45, 7) is 3.95. The van der Waals surface area contributed by atoms with Gasteiger partial charge in [0.15, 0.2) is 17.1 Å². The quantitative estimate of drug-likeness (QED) is 0.224. The first kappa shape index (κ1) is 15.5. The first-order valence-corrected chi connectivity index (χ1v) is 7.17. The van der Waals surface area contributed by atoms with E-state index in [-0.39, 0.29) is 11.5 Å². The second-order valence-corrected chi connectivity index (χ2v) is 5.27. The molecule has 1 aromatic carbocycles. The molecule has 0 aliphatic carbocycles. The average molecular weight is 338 g/mol. The van der Waals surface area contributed by atoms with Crippen molar-refractivity contribution in [1.29, 1.82) is 5.26 Å². The highest BCUT2D eigenvalue weighted by atomic mass is 79.9. The fraction of sp³-hybridized carbons (Fsp3) is 0.154. The second-order valence-electron chi connectivity index (χ2n) is 3.39. The zero-order valence-electron chi connectivity index (χ0n) is 10.1. The van der Waals surface area contributed by atoms with Crippen molar-refractivity contribution in [2.24, 2.45) is 4.99 Å². The third-order valence-corrected chi connectivity index (χ3v) is 3.47. The number of amidine groups is 1. The third-order valence-electron chi connectivity index (χ3n) is 2.03. The number of aliphatic imine (C=N–C) groups is 1. The normalized spacial score (nSPS) is 10.6. The van der Waals surface area contributed by atoms with Crippen LogP contribution in [-0.2, 0) is 0 Å². The SMILES string of the molecule is C=CCN=C(NC#N)SCC(=O)c1ccc(Br)cc1. The number of hydrogen-bond donors (Lipinski definition) is 1. The van der Waals surface area contributed by atoms with Gasteiger partial charge in [-0.25, -0.2) is 0 Å². The lowest BCUT2D eigenvalue weighted by molar-refractivity contribution is 0.102. The monoisotopic (exact) mass is 337 g/mol. The maximum atomic E-state index is 11.9. The lowest BCUT2D eigenvalue weighted by atomic mass is 10.2. The summed E-state index contributed by atoms with van der Waals surface area (Å²) >= 11 is 4.52. The van der Waals surface area contributed by atoms with E-state index < -0.39 is 0 Å². The van der Waals surface area contributed by atoms with Gasteiger partial charge in [-0.15, -0.1) is 6.58 Å².